The molecule has 2 aromatic rings. The van der Waals surface area contributed by atoms with Crippen molar-refractivity contribution in [2.75, 3.05) is 0 Å². The molecule has 0 aliphatic carbocycles. The summed E-state index contributed by atoms with van der Waals surface area (Å²) in [5.74, 6) is -0.665. The molecule has 0 amide bonds. The van der Waals surface area contributed by atoms with Gasteiger partial charge in [0.05, 0.1) is 0 Å². The fourth-order valence-corrected chi connectivity index (χ4v) is 2.30. The molecule has 0 atom stereocenters. The van der Waals surface area contributed by atoms with Crippen LogP contribution in [0.2, 0.25) is 0 Å². The molecule has 0 aliphatic rings. The van der Waals surface area contributed by atoms with Crippen LogP contribution in [0.3, 0.4) is 0 Å². The lowest BCUT2D eigenvalue weighted by Gasteiger charge is -2.08. The number of nitrogens with zero attached hydrogens (tertiary/aromatic N) is 3. The minimum absolute atomic E-state index is 0.0509. The zero-order valence-electron chi connectivity index (χ0n) is 13.0. The average molecular weight is 366 g/mol. The second-order valence-corrected chi connectivity index (χ2v) is 5.71. The number of aromatic hydroxyl groups is 2. The molecule has 10 heteroatoms. The molecule has 2 rings (SSSR count). The Labute approximate surface area is 145 Å². The van der Waals surface area contributed by atoms with Gasteiger partial charge < -0.3 is 10.2 Å². The van der Waals surface area contributed by atoms with Gasteiger partial charge in [0, 0.05) is 21.1 Å². The van der Waals surface area contributed by atoms with Crippen LogP contribution in [0.4, 0.5) is 0 Å². The Morgan fingerprint density at radius 2 is 1.50 bits per heavy atom. The lowest BCUT2D eigenvalue weighted by Crippen LogP contribution is -2.23. The van der Waals surface area contributed by atoms with Crippen LogP contribution in [-0.2, 0) is 21.1 Å². The summed E-state index contributed by atoms with van der Waals surface area (Å²) in [6.07, 6.45) is 2.39. The first-order chi connectivity index (χ1) is 11.2. The molecular weight excluding hydrogens is 352 g/mol. The normalized spacial score (nSPS) is 10.3. The summed E-state index contributed by atoms with van der Waals surface area (Å²) in [5, 5.41) is 20.0. The molecule has 0 spiro atoms. The molecule has 0 fully saturated rings. The van der Waals surface area contributed by atoms with Crippen LogP contribution in [0.1, 0.15) is 11.1 Å². The van der Waals surface area contributed by atoms with E-state index in [0.29, 0.717) is 0 Å². The maximum Gasteiger partial charge on any atom is 0.265 e. The number of H-pyrrole nitrogens is 1. The summed E-state index contributed by atoms with van der Waals surface area (Å²) in [6, 6.07) is 0. The van der Waals surface area contributed by atoms with Gasteiger partial charge in [0.1, 0.15) is 11.1 Å². The van der Waals surface area contributed by atoms with Crippen molar-refractivity contribution < 1.29 is 10.2 Å². The van der Waals surface area contributed by atoms with E-state index in [1.165, 1.54) is 47.0 Å². The Bertz CT molecular complexity index is 1130. The van der Waals surface area contributed by atoms with Crippen LogP contribution in [0, 0.1) is 9.54 Å². The van der Waals surface area contributed by atoms with E-state index in [1.54, 1.807) is 0 Å². The highest BCUT2D eigenvalue weighted by Gasteiger charge is 2.10. The van der Waals surface area contributed by atoms with Gasteiger partial charge >= 0.3 is 0 Å². The van der Waals surface area contributed by atoms with Gasteiger partial charge in [0.25, 0.3) is 11.1 Å². The van der Waals surface area contributed by atoms with E-state index in [1.807, 2.05) is 0 Å². The van der Waals surface area contributed by atoms with E-state index in [-0.39, 0.29) is 32.4 Å². The van der Waals surface area contributed by atoms with Gasteiger partial charge in [-0.05, 0) is 36.6 Å². The number of nitrogens with one attached hydrogen (secondary N) is 1. The van der Waals surface area contributed by atoms with Gasteiger partial charge in [-0.15, -0.1) is 5.73 Å². The molecule has 0 aromatic carbocycles. The average Bonchev–Trinajstić information content (AvgIpc) is 2.55. The summed E-state index contributed by atoms with van der Waals surface area (Å²) >= 11 is 9.88. The maximum atomic E-state index is 12.1. The van der Waals surface area contributed by atoms with E-state index in [9.17, 15) is 19.8 Å². The molecular formula is C14H14N4O4S2. The Balaban J connectivity index is 2.67. The Kier molecular flexibility index (Phi) is 4.74. The lowest BCUT2D eigenvalue weighted by atomic mass is 10.2. The summed E-state index contributed by atoms with van der Waals surface area (Å²) in [7, 11) is 4.47. The fourth-order valence-electron chi connectivity index (χ4n) is 1.95. The third-order valence-corrected chi connectivity index (χ3v) is 4.37. The second-order valence-electron chi connectivity index (χ2n) is 4.95. The Morgan fingerprint density at radius 1 is 0.958 bits per heavy atom. The van der Waals surface area contributed by atoms with Gasteiger partial charge in [-0.1, -0.05) is 0 Å². The van der Waals surface area contributed by atoms with Crippen LogP contribution in [-0.4, -0.2) is 28.9 Å². The summed E-state index contributed by atoms with van der Waals surface area (Å²) in [5.41, 5.74) is 1.36. The van der Waals surface area contributed by atoms with Crippen LogP contribution >= 0.6 is 24.4 Å². The van der Waals surface area contributed by atoms with Gasteiger partial charge in [0.15, 0.2) is 9.54 Å². The summed E-state index contributed by atoms with van der Waals surface area (Å²) in [6.45, 7) is 0. The molecule has 0 bridgehead atoms. The van der Waals surface area contributed by atoms with Gasteiger partial charge in [-0.25, -0.2) is 0 Å². The van der Waals surface area contributed by atoms with Crippen molar-refractivity contribution in [3.63, 3.8) is 0 Å². The molecule has 0 unspecified atom stereocenters. The van der Waals surface area contributed by atoms with Gasteiger partial charge in [0.2, 0.25) is 11.8 Å². The predicted molar refractivity (Wildman–Crippen MR) is 94.1 cm³/mol. The zero-order chi connectivity index (χ0) is 18.2. The molecule has 2 aromatic heterocycles. The largest absolute Gasteiger partial charge is 0.494 e. The SMILES string of the molecule is Cn1c(O)c(C=C=Cc2c(O)n(C)c(=S)n(C)c2=O)c(=O)[nH]c1=S. The van der Waals surface area contributed by atoms with Crippen molar-refractivity contribution in [1.82, 2.24) is 18.7 Å². The van der Waals surface area contributed by atoms with Gasteiger partial charge in [-0.3, -0.25) is 28.3 Å². The second kappa shape index (κ2) is 6.44. The summed E-state index contributed by atoms with van der Waals surface area (Å²) < 4.78 is 3.89. The molecule has 24 heavy (non-hydrogen) atoms. The van der Waals surface area contributed by atoms with Crippen molar-refractivity contribution in [2.45, 2.75) is 0 Å². The summed E-state index contributed by atoms with van der Waals surface area (Å²) in [4.78, 5) is 26.4. The first kappa shape index (κ1) is 17.7. The highest BCUT2D eigenvalue weighted by Crippen LogP contribution is 2.15. The number of rotatable bonds is 2. The fraction of sp³-hybridized carbons (Fsp3) is 0.214. The zero-order valence-corrected chi connectivity index (χ0v) is 14.7. The molecule has 0 saturated heterocycles. The third-order valence-electron chi connectivity index (χ3n) is 3.45. The number of hydrogen-bond acceptors (Lipinski definition) is 6. The van der Waals surface area contributed by atoms with Crippen molar-refractivity contribution in [1.29, 1.82) is 0 Å². The highest BCUT2D eigenvalue weighted by atomic mass is 32.1. The molecule has 0 saturated carbocycles. The van der Waals surface area contributed by atoms with Crippen LogP contribution in [0.5, 0.6) is 11.8 Å². The van der Waals surface area contributed by atoms with Crippen LogP contribution in [0.25, 0.3) is 12.2 Å². The topological polar surface area (TPSA) is 105 Å². The van der Waals surface area contributed by atoms with Crippen molar-refractivity contribution in [2.24, 2.45) is 21.1 Å². The first-order valence-corrected chi connectivity index (χ1v) is 7.42. The van der Waals surface area contributed by atoms with Crippen LogP contribution in [0.15, 0.2) is 15.3 Å². The van der Waals surface area contributed by atoms with Crippen LogP contribution < -0.4 is 11.1 Å². The maximum absolute atomic E-state index is 12.1. The number of hydrogen-bond donors (Lipinski definition) is 3. The molecule has 3 N–H and O–H groups in total. The number of aromatic nitrogens is 4. The molecule has 0 aliphatic heterocycles. The van der Waals surface area contributed by atoms with E-state index in [0.717, 1.165) is 0 Å². The lowest BCUT2D eigenvalue weighted by molar-refractivity contribution is 0.414. The minimum Gasteiger partial charge on any atom is -0.494 e. The first-order valence-electron chi connectivity index (χ1n) is 6.60. The van der Waals surface area contributed by atoms with E-state index >= 15 is 0 Å². The van der Waals surface area contributed by atoms with Gasteiger partial charge in [-0.2, -0.15) is 0 Å². The monoisotopic (exact) mass is 366 g/mol. The highest BCUT2D eigenvalue weighted by molar-refractivity contribution is 7.71. The Hall–Kier alpha value is -2.68. The smallest absolute Gasteiger partial charge is 0.265 e. The van der Waals surface area contributed by atoms with Crippen molar-refractivity contribution in [3.05, 3.63) is 47.1 Å². The van der Waals surface area contributed by atoms with E-state index < -0.39 is 11.1 Å². The minimum atomic E-state index is -0.597. The Morgan fingerprint density at radius 3 is 2.12 bits per heavy atom. The molecule has 126 valence electrons. The van der Waals surface area contributed by atoms with Crippen molar-refractivity contribution in [3.8, 4) is 11.8 Å². The molecule has 0 radical (unpaired) electrons. The standard InChI is InChI=1S/C14H14N4O4S2/c1-16-10(20)7(9(19)15-13(16)23)5-4-6-8-11(21)17(2)14(24)18(3)12(8)22/h5-6,20-21H,1-3H3,(H,15,19,23). The van der Waals surface area contributed by atoms with E-state index in [4.69, 9.17) is 24.4 Å². The van der Waals surface area contributed by atoms with E-state index in [2.05, 4.69) is 10.7 Å². The molecule has 2 heterocycles. The number of aromatic amines is 1. The quantitative estimate of drug-likeness (QED) is 0.540. The molecule has 8 nitrogen and oxygen atoms in total. The third kappa shape index (κ3) is 2.90. The van der Waals surface area contributed by atoms with Crippen molar-refractivity contribution >= 4 is 36.6 Å². The predicted octanol–water partition coefficient (Wildman–Crippen LogP) is 0.946.